The second-order valence-corrected chi connectivity index (χ2v) is 8.41. The van der Waals surface area contributed by atoms with Gasteiger partial charge in [-0.3, -0.25) is 4.79 Å². The van der Waals surface area contributed by atoms with Crippen LogP contribution in [0.15, 0.2) is 28.8 Å². The van der Waals surface area contributed by atoms with Crippen LogP contribution in [0.1, 0.15) is 53.4 Å². The molecule has 1 aromatic carbocycles. The van der Waals surface area contributed by atoms with Gasteiger partial charge in [0.05, 0.1) is 11.8 Å². The molecule has 0 saturated heterocycles. The molecule has 2 rings (SSSR count). The Morgan fingerprint density at radius 3 is 2.50 bits per heavy atom. The smallest absolute Gasteiger partial charge is 0.220 e. The average molecular weight is 364 g/mol. The molecule has 4 nitrogen and oxygen atoms in total. The molecule has 26 heavy (non-hydrogen) atoms. The molecule has 1 amide bonds. The highest BCUT2D eigenvalue weighted by Gasteiger charge is 2.27. The van der Waals surface area contributed by atoms with E-state index in [9.17, 15) is 13.6 Å². The Morgan fingerprint density at radius 2 is 1.88 bits per heavy atom. The number of nitrogens with one attached hydrogen (secondary N) is 1. The Bertz CT molecular complexity index is 776. The number of halogens is 2. The maximum Gasteiger partial charge on any atom is 0.220 e. The lowest BCUT2D eigenvalue weighted by Crippen LogP contribution is -2.45. The number of aryl methyl sites for hydroxylation is 1. The van der Waals surface area contributed by atoms with Crippen LogP contribution in [0.25, 0.3) is 11.3 Å². The quantitative estimate of drug-likeness (QED) is 0.794. The van der Waals surface area contributed by atoms with Gasteiger partial charge in [0.2, 0.25) is 5.91 Å². The van der Waals surface area contributed by atoms with Crippen LogP contribution >= 0.6 is 0 Å². The number of amides is 1. The number of aromatic nitrogens is 1. The van der Waals surface area contributed by atoms with Gasteiger partial charge in [0.25, 0.3) is 0 Å². The van der Waals surface area contributed by atoms with Gasteiger partial charge in [-0.05, 0) is 37.8 Å². The first kappa shape index (κ1) is 20.1. The van der Waals surface area contributed by atoms with Crippen LogP contribution in [0.2, 0.25) is 0 Å². The molecule has 0 aliphatic rings. The second kappa shape index (κ2) is 7.56. The third-order valence-electron chi connectivity index (χ3n) is 3.77. The largest absolute Gasteiger partial charge is 0.441 e. The first-order chi connectivity index (χ1) is 12.0. The van der Waals surface area contributed by atoms with E-state index >= 15 is 0 Å². The molecule has 0 unspecified atom stereocenters. The highest BCUT2D eigenvalue weighted by Crippen LogP contribution is 2.27. The maximum atomic E-state index is 13.8. The standard InChI is InChI=1S/C20H26F2N2O2/c1-19(2,3)12-20(4,5)24-17(25)8-9-18-23-11-16(26-18)14-7-6-13(21)10-15(14)22/h6-7,10-11H,8-9,12H2,1-5H3,(H,24,25). The van der Waals surface area contributed by atoms with E-state index in [-0.39, 0.29) is 34.6 Å². The Morgan fingerprint density at radius 1 is 1.19 bits per heavy atom. The number of hydrogen-bond donors (Lipinski definition) is 1. The molecule has 0 radical (unpaired) electrons. The highest BCUT2D eigenvalue weighted by atomic mass is 19.1. The predicted molar refractivity (Wildman–Crippen MR) is 96.5 cm³/mol. The zero-order valence-electron chi connectivity index (χ0n) is 16.0. The van der Waals surface area contributed by atoms with Crippen molar-refractivity contribution in [2.45, 2.75) is 59.4 Å². The van der Waals surface area contributed by atoms with Gasteiger partial charge < -0.3 is 9.73 Å². The summed E-state index contributed by atoms with van der Waals surface area (Å²) in [5.41, 5.74) is -0.0668. The third-order valence-corrected chi connectivity index (χ3v) is 3.77. The second-order valence-electron chi connectivity index (χ2n) is 8.41. The summed E-state index contributed by atoms with van der Waals surface area (Å²) >= 11 is 0. The van der Waals surface area contributed by atoms with Crippen molar-refractivity contribution in [3.8, 4) is 11.3 Å². The van der Waals surface area contributed by atoms with Gasteiger partial charge in [-0.1, -0.05) is 20.8 Å². The van der Waals surface area contributed by atoms with Gasteiger partial charge in [-0.2, -0.15) is 0 Å². The zero-order chi connectivity index (χ0) is 19.5. The number of rotatable bonds is 6. The number of oxazole rings is 1. The lowest BCUT2D eigenvalue weighted by Gasteiger charge is -2.33. The number of carbonyl (C=O) groups is 1. The van der Waals surface area contributed by atoms with E-state index in [0.29, 0.717) is 12.3 Å². The number of carbonyl (C=O) groups excluding carboxylic acids is 1. The van der Waals surface area contributed by atoms with Gasteiger partial charge in [-0.15, -0.1) is 0 Å². The summed E-state index contributed by atoms with van der Waals surface area (Å²) in [7, 11) is 0. The SMILES string of the molecule is CC(C)(C)CC(C)(C)NC(=O)CCc1ncc(-c2ccc(F)cc2F)o1. The van der Waals surface area contributed by atoms with Gasteiger partial charge in [-0.25, -0.2) is 13.8 Å². The molecule has 0 saturated carbocycles. The van der Waals surface area contributed by atoms with Crippen molar-refractivity contribution in [2.75, 3.05) is 0 Å². The molecule has 1 aromatic heterocycles. The van der Waals surface area contributed by atoms with Crippen molar-refractivity contribution in [2.24, 2.45) is 5.41 Å². The van der Waals surface area contributed by atoms with Crippen molar-refractivity contribution in [1.82, 2.24) is 10.3 Å². The van der Waals surface area contributed by atoms with Gasteiger partial charge in [0.1, 0.15) is 11.6 Å². The van der Waals surface area contributed by atoms with Crippen molar-refractivity contribution in [1.29, 1.82) is 0 Å². The summed E-state index contributed by atoms with van der Waals surface area (Å²) in [6.07, 6.45) is 2.76. The van der Waals surface area contributed by atoms with Crippen LogP contribution in [-0.4, -0.2) is 16.4 Å². The van der Waals surface area contributed by atoms with Crippen molar-refractivity contribution < 1.29 is 18.0 Å². The van der Waals surface area contributed by atoms with E-state index in [1.165, 1.54) is 12.3 Å². The normalized spacial score (nSPS) is 12.3. The Labute approximate surface area is 153 Å². The minimum absolute atomic E-state index is 0.0908. The van der Waals surface area contributed by atoms with Crippen LogP contribution < -0.4 is 5.32 Å². The van der Waals surface area contributed by atoms with Crippen molar-refractivity contribution >= 4 is 5.91 Å². The van der Waals surface area contributed by atoms with Crippen molar-refractivity contribution in [3.63, 3.8) is 0 Å². The number of benzene rings is 1. The molecule has 1 heterocycles. The van der Waals surface area contributed by atoms with E-state index in [4.69, 9.17) is 4.42 Å². The van der Waals surface area contributed by atoms with Gasteiger partial charge in [0, 0.05) is 24.4 Å². The maximum absolute atomic E-state index is 13.8. The van der Waals surface area contributed by atoms with E-state index in [1.54, 1.807) is 0 Å². The molecular formula is C20H26F2N2O2. The topological polar surface area (TPSA) is 55.1 Å². The fourth-order valence-electron chi connectivity index (χ4n) is 3.27. The number of hydrogen-bond acceptors (Lipinski definition) is 3. The van der Waals surface area contributed by atoms with Gasteiger partial charge in [0.15, 0.2) is 11.7 Å². The fourth-order valence-corrected chi connectivity index (χ4v) is 3.27. The summed E-state index contributed by atoms with van der Waals surface area (Å²) in [5.74, 6) is -0.902. The molecular weight excluding hydrogens is 338 g/mol. The fraction of sp³-hybridized carbons (Fsp3) is 0.500. The van der Waals surface area contributed by atoms with Crippen LogP contribution in [0, 0.1) is 17.0 Å². The van der Waals surface area contributed by atoms with E-state index < -0.39 is 11.6 Å². The van der Waals surface area contributed by atoms with Crippen LogP contribution in [0.3, 0.4) is 0 Å². The summed E-state index contributed by atoms with van der Waals surface area (Å²) in [6, 6.07) is 3.25. The molecule has 1 N–H and O–H groups in total. The molecule has 0 atom stereocenters. The Kier molecular flexibility index (Phi) is 5.84. The molecule has 0 fully saturated rings. The molecule has 0 bridgehead atoms. The monoisotopic (exact) mass is 364 g/mol. The molecule has 0 aliphatic carbocycles. The summed E-state index contributed by atoms with van der Waals surface area (Å²) in [5, 5.41) is 3.03. The highest BCUT2D eigenvalue weighted by molar-refractivity contribution is 5.76. The minimum Gasteiger partial charge on any atom is -0.441 e. The van der Waals surface area contributed by atoms with E-state index in [2.05, 4.69) is 31.1 Å². The molecule has 2 aromatic rings. The Balaban J connectivity index is 1.94. The van der Waals surface area contributed by atoms with Crippen LogP contribution in [-0.2, 0) is 11.2 Å². The van der Waals surface area contributed by atoms with Crippen LogP contribution in [0.4, 0.5) is 8.78 Å². The first-order valence-electron chi connectivity index (χ1n) is 8.66. The van der Waals surface area contributed by atoms with Crippen molar-refractivity contribution in [3.05, 3.63) is 41.9 Å². The molecule has 0 spiro atoms. The zero-order valence-corrected chi connectivity index (χ0v) is 16.0. The average Bonchev–Trinajstić information content (AvgIpc) is 2.90. The predicted octanol–water partition coefficient (Wildman–Crippen LogP) is 4.88. The summed E-state index contributed by atoms with van der Waals surface area (Å²) in [6.45, 7) is 10.4. The molecule has 6 heteroatoms. The van der Waals surface area contributed by atoms with Gasteiger partial charge >= 0.3 is 0 Å². The third kappa shape index (κ3) is 5.93. The van der Waals surface area contributed by atoms with E-state index in [0.717, 1.165) is 18.6 Å². The lowest BCUT2D eigenvalue weighted by atomic mass is 9.82. The Hall–Kier alpha value is -2.24. The van der Waals surface area contributed by atoms with Crippen LogP contribution in [0.5, 0.6) is 0 Å². The lowest BCUT2D eigenvalue weighted by molar-refractivity contribution is -0.123. The molecule has 0 aliphatic heterocycles. The molecule has 142 valence electrons. The summed E-state index contributed by atoms with van der Waals surface area (Å²) in [4.78, 5) is 16.3. The summed E-state index contributed by atoms with van der Waals surface area (Å²) < 4.78 is 32.3. The van der Waals surface area contributed by atoms with E-state index in [1.807, 2.05) is 13.8 Å². The number of nitrogens with zero attached hydrogens (tertiary/aromatic N) is 1. The minimum atomic E-state index is -0.714. The first-order valence-corrected chi connectivity index (χ1v) is 8.66.